The van der Waals surface area contributed by atoms with Gasteiger partial charge in [0.2, 0.25) is 0 Å². The van der Waals surface area contributed by atoms with Gasteiger partial charge in [-0.25, -0.2) is 4.79 Å². The highest BCUT2D eigenvalue weighted by atomic mass is 16.6. The van der Waals surface area contributed by atoms with E-state index in [2.05, 4.69) is 4.74 Å². The third-order valence-corrected chi connectivity index (χ3v) is 1.27. The Balaban J connectivity index is 4.00. The van der Waals surface area contributed by atoms with Crippen LogP contribution in [-0.4, -0.2) is 33.9 Å². The fraction of sp³-hybridized carbons (Fsp3) is 0.750. The molecule has 0 aliphatic rings. The Morgan fingerprint density at radius 2 is 1.92 bits per heavy atom. The van der Waals surface area contributed by atoms with Gasteiger partial charge in [-0.2, -0.15) is 0 Å². The maximum atomic E-state index is 11.0. The molecular formula is C8H14O5. The summed E-state index contributed by atoms with van der Waals surface area (Å²) in [4.78, 5) is 21.2. The van der Waals surface area contributed by atoms with Crippen molar-refractivity contribution in [2.45, 2.75) is 38.9 Å². The Labute approximate surface area is 76.3 Å². The molecule has 0 amide bonds. The number of carboxylic acid groups (broad SMARTS) is 1. The van der Waals surface area contributed by atoms with E-state index in [1.807, 2.05) is 0 Å². The molecule has 5 nitrogen and oxygen atoms in total. The lowest BCUT2D eigenvalue weighted by Crippen LogP contribution is -2.35. The van der Waals surface area contributed by atoms with Crippen LogP contribution >= 0.6 is 0 Å². The topological polar surface area (TPSA) is 83.8 Å². The summed E-state index contributed by atoms with van der Waals surface area (Å²) in [5.74, 6) is -1.86. The molecule has 0 aromatic rings. The molecule has 0 saturated heterocycles. The zero-order valence-corrected chi connectivity index (χ0v) is 7.90. The smallest absolute Gasteiger partial charge is 0.337 e. The van der Waals surface area contributed by atoms with E-state index in [0.717, 1.165) is 0 Å². The molecule has 5 heteroatoms. The number of hydrogen-bond acceptors (Lipinski definition) is 4. The van der Waals surface area contributed by atoms with Crippen LogP contribution in [0.15, 0.2) is 0 Å². The summed E-state index contributed by atoms with van der Waals surface area (Å²) >= 11 is 0. The Kier molecular flexibility index (Phi) is 3.87. The van der Waals surface area contributed by atoms with Crippen molar-refractivity contribution in [2.24, 2.45) is 0 Å². The van der Waals surface area contributed by atoms with Gasteiger partial charge in [0.15, 0.2) is 5.60 Å². The molecule has 2 N–H and O–H groups in total. The largest absolute Gasteiger partial charge is 0.481 e. The van der Waals surface area contributed by atoms with Crippen molar-refractivity contribution in [3.63, 3.8) is 0 Å². The molecule has 0 radical (unpaired) electrons. The Hall–Kier alpha value is -1.10. The molecular weight excluding hydrogens is 176 g/mol. The van der Waals surface area contributed by atoms with E-state index in [1.54, 1.807) is 0 Å². The second kappa shape index (κ2) is 4.23. The number of esters is 1. The highest BCUT2D eigenvalue weighted by Crippen LogP contribution is 2.07. The first-order chi connectivity index (χ1) is 5.73. The lowest BCUT2D eigenvalue weighted by Gasteiger charge is -2.18. The molecule has 1 unspecified atom stereocenters. The summed E-state index contributed by atoms with van der Waals surface area (Å²) in [5.41, 5.74) is -1.58. The van der Waals surface area contributed by atoms with Crippen LogP contribution in [0.4, 0.5) is 0 Å². The van der Waals surface area contributed by atoms with Crippen LogP contribution in [0.2, 0.25) is 0 Å². The SMILES string of the molecule is CC(CC(=O)O)OC(=O)C(C)(C)O. The monoisotopic (exact) mass is 190 g/mol. The predicted octanol–water partition coefficient (Wildman–Crippen LogP) is 0.164. The van der Waals surface area contributed by atoms with Crippen LogP contribution in [0.5, 0.6) is 0 Å². The summed E-state index contributed by atoms with van der Waals surface area (Å²) < 4.78 is 4.66. The second-order valence-corrected chi connectivity index (χ2v) is 3.37. The van der Waals surface area contributed by atoms with Crippen LogP contribution in [0.1, 0.15) is 27.2 Å². The minimum absolute atomic E-state index is 0.262. The summed E-state index contributed by atoms with van der Waals surface area (Å²) in [6.07, 6.45) is -0.988. The summed E-state index contributed by atoms with van der Waals surface area (Å²) in [6, 6.07) is 0. The molecule has 0 fully saturated rings. The zero-order chi connectivity index (χ0) is 10.6. The fourth-order valence-corrected chi connectivity index (χ4v) is 0.615. The van der Waals surface area contributed by atoms with Gasteiger partial charge >= 0.3 is 11.9 Å². The van der Waals surface area contributed by atoms with Crippen LogP contribution < -0.4 is 0 Å². The van der Waals surface area contributed by atoms with Gasteiger partial charge in [0, 0.05) is 0 Å². The van der Waals surface area contributed by atoms with E-state index in [1.165, 1.54) is 20.8 Å². The molecule has 1 atom stereocenters. The van der Waals surface area contributed by atoms with Gasteiger partial charge in [0.25, 0.3) is 0 Å². The molecule has 0 aliphatic carbocycles. The molecule has 0 aromatic carbocycles. The Morgan fingerprint density at radius 1 is 1.46 bits per heavy atom. The number of carbonyl (C=O) groups excluding carboxylic acids is 1. The lowest BCUT2D eigenvalue weighted by atomic mass is 10.1. The molecule has 13 heavy (non-hydrogen) atoms. The van der Waals surface area contributed by atoms with Gasteiger partial charge in [-0.1, -0.05) is 0 Å². The standard InChI is InChI=1S/C8H14O5/c1-5(4-6(9)10)13-7(11)8(2,3)12/h5,12H,4H2,1-3H3,(H,9,10). The zero-order valence-electron chi connectivity index (χ0n) is 7.90. The van der Waals surface area contributed by atoms with E-state index in [-0.39, 0.29) is 6.42 Å². The van der Waals surface area contributed by atoms with Crippen molar-refractivity contribution >= 4 is 11.9 Å². The van der Waals surface area contributed by atoms with Crippen molar-refractivity contribution in [1.82, 2.24) is 0 Å². The molecule has 0 bridgehead atoms. The molecule has 0 spiro atoms. The molecule has 0 aliphatic heterocycles. The highest BCUT2D eigenvalue weighted by Gasteiger charge is 2.27. The molecule has 0 aromatic heterocycles. The first kappa shape index (κ1) is 11.9. The van der Waals surface area contributed by atoms with Crippen molar-refractivity contribution < 1.29 is 24.5 Å². The third-order valence-electron chi connectivity index (χ3n) is 1.27. The Morgan fingerprint density at radius 3 is 2.23 bits per heavy atom. The predicted molar refractivity (Wildman–Crippen MR) is 44.1 cm³/mol. The minimum atomic E-state index is -1.58. The summed E-state index contributed by atoms with van der Waals surface area (Å²) in [5, 5.41) is 17.5. The number of ether oxygens (including phenoxy) is 1. The molecule has 0 rings (SSSR count). The summed E-state index contributed by atoms with van der Waals surface area (Å²) in [7, 11) is 0. The number of aliphatic hydroxyl groups is 1. The fourth-order valence-electron chi connectivity index (χ4n) is 0.615. The maximum absolute atomic E-state index is 11.0. The average Bonchev–Trinajstić information content (AvgIpc) is 1.82. The van der Waals surface area contributed by atoms with Gasteiger partial charge in [-0.3, -0.25) is 4.79 Å². The number of aliphatic carboxylic acids is 1. The van der Waals surface area contributed by atoms with E-state index in [0.29, 0.717) is 0 Å². The van der Waals surface area contributed by atoms with Gasteiger partial charge in [0.1, 0.15) is 6.10 Å². The average molecular weight is 190 g/mol. The first-order valence-electron chi connectivity index (χ1n) is 3.88. The van der Waals surface area contributed by atoms with Crippen LogP contribution in [0.25, 0.3) is 0 Å². The van der Waals surface area contributed by atoms with Crippen molar-refractivity contribution in [2.75, 3.05) is 0 Å². The quantitative estimate of drug-likeness (QED) is 0.617. The van der Waals surface area contributed by atoms with Crippen LogP contribution in [-0.2, 0) is 14.3 Å². The molecule has 0 heterocycles. The van der Waals surface area contributed by atoms with Crippen molar-refractivity contribution in [3.8, 4) is 0 Å². The summed E-state index contributed by atoms with van der Waals surface area (Å²) in [6.45, 7) is 4.02. The number of rotatable bonds is 4. The lowest BCUT2D eigenvalue weighted by molar-refractivity contribution is -0.168. The third kappa shape index (κ3) is 5.19. The van der Waals surface area contributed by atoms with Crippen molar-refractivity contribution in [1.29, 1.82) is 0 Å². The van der Waals surface area contributed by atoms with Crippen LogP contribution in [0, 0.1) is 0 Å². The van der Waals surface area contributed by atoms with Gasteiger partial charge in [-0.15, -0.1) is 0 Å². The van der Waals surface area contributed by atoms with E-state index in [4.69, 9.17) is 10.2 Å². The molecule has 0 saturated carbocycles. The van der Waals surface area contributed by atoms with Crippen LogP contribution in [0.3, 0.4) is 0 Å². The van der Waals surface area contributed by atoms with Gasteiger partial charge < -0.3 is 14.9 Å². The van der Waals surface area contributed by atoms with Gasteiger partial charge in [-0.05, 0) is 20.8 Å². The number of hydrogen-bond donors (Lipinski definition) is 2. The maximum Gasteiger partial charge on any atom is 0.337 e. The number of carboxylic acids is 1. The highest BCUT2D eigenvalue weighted by molar-refractivity contribution is 5.78. The van der Waals surface area contributed by atoms with Crippen molar-refractivity contribution in [3.05, 3.63) is 0 Å². The second-order valence-electron chi connectivity index (χ2n) is 3.37. The molecule has 76 valence electrons. The Bertz CT molecular complexity index is 203. The van der Waals surface area contributed by atoms with E-state index in [9.17, 15) is 9.59 Å². The number of carbonyl (C=O) groups is 2. The minimum Gasteiger partial charge on any atom is -0.481 e. The first-order valence-corrected chi connectivity index (χ1v) is 3.88. The van der Waals surface area contributed by atoms with E-state index >= 15 is 0 Å². The normalized spacial score (nSPS) is 13.5. The van der Waals surface area contributed by atoms with E-state index < -0.39 is 23.6 Å². The van der Waals surface area contributed by atoms with Gasteiger partial charge in [0.05, 0.1) is 6.42 Å².